The van der Waals surface area contributed by atoms with Gasteiger partial charge in [-0.15, -0.1) is 0 Å². The largest absolute Gasteiger partial charge is 0.198 e. The highest BCUT2D eigenvalue weighted by Crippen LogP contribution is 2.60. The van der Waals surface area contributed by atoms with Crippen molar-refractivity contribution in [2.24, 2.45) is 23.2 Å². The van der Waals surface area contributed by atoms with Crippen molar-refractivity contribution in [3.05, 3.63) is 0 Å². The third-order valence-electron chi connectivity index (χ3n) is 4.36. The minimum Gasteiger partial charge on any atom is -0.198 e. The summed E-state index contributed by atoms with van der Waals surface area (Å²) >= 11 is 0. The van der Waals surface area contributed by atoms with Gasteiger partial charge in [0.15, 0.2) is 0 Å². The van der Waals surface area contributed by atoms with E-state index in [1.165, 1.54) is 19.3 Å². The molecule has 1 heteroatoms. The van der Waals surface area contributed by atoms with Gasteiger partial charge in [-0.1, -0.05) is 13.8 Å². The van der Waals surface area contributed by atoms with Gasteiger partial charge in [0, 0.05) is 6.42 Å². The van der Waals surface area contributed by atoms with E-state index in [2.05, 4.69) is 19.9 Å². The lowest BCUT2D eigenvalue weighted by Gasteiger charge is -2.37. The van der Waals surface area contributed by atoms with Crippen LogP contribution >= 0.6 is 0 Å². The normalized spacial score (nSPS) is 42.9. The van der Waals surface area contributed by atoms with E-state index >= 15 is 0 Å². The number of fused-ring (bicyclic) bond motifs is 2. The van der Waals surface area contributed by atoms with Gasteiger partial charge in [0.1, 0.15) is 0 Å². The summed E-state index contributed by atoms with van der Waals surface area (Å²) in [4.78, 5) is 0. The van der Waals surface area contributed by atoms with E-state index in [0.717, 1.165) is 18.3 Å². The highest BCUT2D eigenvalue weighted by molar-refractivity contribution is 5.03. The molecular weight excluding hydrogens is 146 g/mol. The van der Waals surface area contributed by atoms with Gasteiger partial charge in [0.05, 0.1) is 6.07 Å². The number of rotatable bonds is 1. The first-order chi connectivity index (χ1) is 5.66. The lowest BCUT2D eigenvalue weighted by atomic mass is 9.68. The number of hydrogen-bond acceptors (Lipinski definition) is 1. The van der Waals surface area contributed by atoms with Gasteiger partial charge in [-0.3, -0.25) is 0 Å². The van der Waals surface area contributed by atoms with Crippen molar-refractivity contribution < 1.29 is 0 Å². The third kappa shape index (κ3) is 0.905. The van der Waals surface area contributed by atoms with Crippen LogP contribution in [0.3, 0.4) is 0 Å². The molecule has 66 valence electrons. The second kappa shape index (κ2) is 2.49. The summed E-state index contributed by atoms with van der Waals surface area (Å²) in [5, 5.41) is 8.74. The molecule has 2 aliphatic carbocycles. The maximum Gasteiger partial charge on any atom is 0.0624 e. The molecule has 0 aromatic carbocycles. The molecular formula is C11H17N. The highest BCUT2D eigenvalue weighted by Gasteiger charge is 2.52. The van der Waals surface area contributed by atoms with Crippen molar-refractivity contribution in [3.8, 4) is 6.07 Å². The van der Waals surface area contributed by atoms with Gasteiger partial charge in [0.25, 0.3) is 0 Å². The number of nitrogens with zero attached hydrogens (tertiary/aromatic N) is 1. The third-order valence-corrected chi connectivity index (χ3v) is 4.36. The van der Waals surface area contributed by atoms with Crippen LogP contribution in [0.5, 0.6) is 0 Å². The van der Waals surface area contributed by atoms with Crippen LogP contribution in [-0.2, 0) is 0 Å². The molecule has 3 atom stereocenters. The van der Waals surface area contributed by atoms with Gasteiger partial charge in [-0.05, 0) is 42.4 Å². The second-order valence-electron chi connectivity index (χ2n) is 5.06. The predicted molar refractivity (Wildman–Crippen MR) is 48.3 cm³/mol. The van der Waals surface area contributed by atoms with Gasteiger partial charge < -0.3 is 0 Å². The van der Waals surface area contributed by atoms with Crippen LogP contribution in [0.1, 0.15) is 39.5 Å². The number of nitriles is 1. The van der Waals surface area contributed by atoms with E-state index in [9.17, 15) is 0 Å². The first kappa shape index (κ1) is 8.10. The monoisotopic (exact) mass is 163 g/mol. The molecule has 0 radical (unpaired) electrons. The molecule has 3 unspecified atom stereocenters. The zero-order valence-electron chi connectivity index (χ0n) is 8.01. The van der Waals surface area contributed by atoms with Crippen LogP contribution in [0.25, 0.3) is 0 Å². The standard InChI is InChI=1S/C11H17N/c1-11(2)9-4-3-8(7-9)10(11)5-6-12/h8-10H,3-5,7H2,1-2H3. The van der Waals surface area contributed by atoms with E-state index in [1.54, 1.807) is 0 Å². The maximum absolute atomic E-state index is 8.74. The summed E-state index contributed by atoms with van der Waals surface area (Å²) in [6.07, 6.45) is 4.99. The molecule has 1 nitrogen and oxygen atoms in total. The van der Waals surface area contributed by atoms with Crippen molar-refractivity contribution in [1.29, 1.82) is 5.26 Å². The average Bonchev–Trinajstić information content (AvgIpc) is 2.53. The van der Waals surface area contributed by atoms with Crippen LogP contribution in [0.15, 0.2) is 0 Å². The van der Waals surface area contributed by atoms with Crippen molar-refractivity contribution in [2.45, 2.75) is 39.5 Å². The maximum atomic E-state index is 8.74. The smallest absolute Gasteiger partial charge is 0.0624 e. The van der Waals surface area contributed by atoms with Gasteiger partial charge >= 0.3 is 0 Å². The Morgan fingerprint density at radius 1 is 1.42 bits per heavy atom. The molecule has 0 amide bonds. The number of hydrogen-bond donors (Lipinski definition) is 0. The van der Waals surface area contributed by atoms with Crippen LogP contribution < -0.4 is 0 Å². The fourth-order valence-corrected chi connectivity index (χ4v) is 3.50. The Bertz CT molecular complexity index is 224. The fraction of sp³-hybridized carbons (Fsp3) is 0.909. The lowest BCUT2D eigenvalue weighted by Crippen LogP contribution is -2.30. The van der Waals surface area contributed by atoms with Crippen molar-refractivity contribution in [1.82, 2.24) is 0 Å². The zero-order chi connectivity index (χ0) is 8.77. The Hall–Kier alpha value is -0.510. The van der Waals surface area contributed by atoms with E-state index in [4.69, 9.17) is 5.26 Å². The van der Waals surface area contributed by atoms with E-state index in [1.807, 2.05) is 0 Å². The summed E-state index contributed by atoms with van der Waals surface area (Å²) in [7, 11) is 0. The summed E-state index contributed by atoms with van der Waals surface area (Å²) in [5.74, 6) is 2.49. The molecule has 0 heterocycles. The lowest BCUT2D eigenvalue weighted by molar-refractivity contribution is 0.126. The molecule has 2 rings (SSSR count). The Morgan fingerprint density at radius 2 is 2.17 bits per heavy atom. The Kier molecular flexibility index (Phi) is 1.68. The SMILES string of the molecule is CC1(C)C2CCC(C2)C1CC#N. The van der Waals surface area contributed by atoms with Crippen LogP contribution in [0, 0.1) is 34.5 Å². The molecule has 12 heavy (non-hydrogen) atoms. The summed E-state index contributed by atoms with van der Waals surface area (Å²) < 4.78 is 0. The summed E-state index contributed by atoms with van der Waals surface area (Å²) in [6, 6.07) is 2.35. The quantitative estimate of drug-likeness (QED) is 0.583. The Morgan fingerprint density at radius 3 is 2.67 bits per heavy atom. The van der Waals surface area contributed by atoms with E-state index in [0.29, 0.717) is 11.3 Å². The van der Waals surface area contributed by atoms with Crippen molar-refractivity contribution in [2.75, 3.05) is 0 Å². The zero-order valence-corrected chi connectivity index (χ0v) is 8.01. The molecule has 0 N–H and O–H groups in total. The minimum atomic E-state index is 0.457. The van der Waals surface area contributed by atoms with Gasteiger partial charge in [-0.25, -0.2) is 0 Å². The molecule has 2 saturated carbocycles. The van der Waals surface area contributed by atoms with E-state index < -0.39 is 0 Å². The Labute approximate surface area is 74.8 Å². The molecule has 0 spiro atoms. The molecule has 0 aromatic heterocycles. The highest BCUT2D eigenvalue weighted by atomic mass is 14.6. The molecule has 2 bridgehead atoms. The minimum absolute atomic E-state index is 0.457. The average molecular weight is 163 g/mol. The van der Waals surface area contributed by atoms with Gasteiger partial charge in [0.2, 0.25) is 0 Å². The second-order valence-corrected chi connectivity index (χ2v) is 5.06. The molecule has 0 aromatic rings. The van der Waals surface area contributed by atoms with Crippen LogP contribution in [-0.4, -0.2) is 0 Å². The summed E-state index contributed by atoms with van der Waals surface area (Å²) in [6.45, 7) is 4.72. The molecule has 2 fully saturated rings. The van der Waals surface area contributed by atoms with Crippen LogP contribution in [0.4, 0.5) is 0 Å². The van der Waals surface area contributed by atoms with Crippen molar-refractivity contribution >= 4 is 0 Å². The first-order valence-corrected chi connectivity index (χ1v) is 5.03. The predicted octanol–water partition coefficient (Wildman–Crippen LogP) is 2.97. The molecule has 2 aliphatic rings. The van der Waals surface area contributed by atoms with Crippen LogP contribution in [0.2, 0.25) is 0 Å². The van der Waals surface area contributed by atoms with E-state index in [-0.39, 0.29) is 0 Å². The van der Waals surface area contributed by atoms with Crippen molar-refractivity contribution in [3.63, 3.8) is 0 Å². The first-order valence-electron chi connectivity index (χ1n) is 5.03. The Balaban J connectivity index is 2.18. The fourth-order valence-electron chi connectivity index (χ4n) is 3.50. The van der Waals surface area contributed by atoms with Gasteiger partial charge in [-0.2, -0.15) is 5.26 Å². The summed E-state index contributed by atoms with van der Waals surface area (Å²) in [5.41, 5.74) is 0.457. The molecule has 0 saturated heterocycles. The molecule has 0 aliphatic heterocycles. The topological polar surface area (TPSA) is 23.8 Å².